The molecule has 2 N–H and O–H groups in total. The Hall–Kier alpha value is -1.14. The minimum absolute atomic E-state index is 0.215. The van der Waals surface area contributed by atoms with Crippen molar-refractivity contribution in [3.05, 3.63) is 16.1 Å². The monoisotopic (exact) mass is 341 g/mol. The van der Waals surface area contributed by atoms with Crippen molar-refractivity contribution in [3.8, 4) is 0 Å². The zero-order valence-electron chi connectivity index (χ0n) is 15.4. The van der Waals surface area contributed by atoms with Crippen molar-refractivity contribution < 1.29 is 9.53 Å². The summed E-state index contributed by atoms with van der Waals surface area (Å²) in [4.78, 5) is 17.5. The second-order valence-electron chi connectivity index (χ2n) is 7.36. The van der Waals surface area contributed by atoms with Crippen LogP contribution in [0.25, 0.3) is 0 Å². The topological polar surface area (TPSA) is 63.2 Å². The predicted molar refractivity (Wildman–Crippen MR) is 95.8 cm³/mol. The Morgan fingerprint density at radius 1 is 1.35 bits per heavy atom. The van der Waals surface area contributed by atoms with Gasteiger partial charge in [0.1, 0.15) is 5.60 Å². The van der Waals surface area contributed by atoms with E-state index in [1.807, 2.05) is 27.0 Å². The first-order valence-electron chi connectivity index (χ1n) is 8.21. The van der Waals surface area contributed by atoms with Gasteiger partial charge in [-0.1, -0.05) is 20.8 Å². The highest BCUT2D eigenvalue weighted by atomic mass is 32.1. The summed E-state index contributed by atoms with van der Waals surface area (Å²) in [7, 11) is 0. The van der Waals surface area contributed by atoms with Gasteiger partial charge in [0.15, 0.2) is 0 Å². The summed E-state index contributed by atoms with van der Waals surface area (Å²) in [5.41, 5.74) is -0.696. The van der Waals surface area contributed by atoms with Crippen LogP contribution in [0.5, 0.6) is 0 Å². The Bertz CT molecular complexity index is 508. The van der Waals surface area contributed by atoms with Gasteiger partial charge < -0.3 is 15.4 Å². The second kappa shape index (κ2) is 8.11. The van der Waals surface area contributed by atoms with Gasteiger partial charge >= 0.3 is 6.09 Å². The zero-order valence-corrected chi connectivity index (χ0v) is 16.3. The number of nitrogens with one attached hydrogen (secondary N) is 2. The Labute approximate surface area is 144 Å². The van der Waals surface area contributed by atoms with Crippen LogP contribution in [0.15, 0.2) is 6.20 Å². The van der Waals surface area contributed by atoms with Crippen LogP contribution in [-0.4, -0.2) is 28.8 Å². The van der Waals surface area contributed by atoms with Crippen LogP contribution in [0.1, 0.15) is 58.4 Å². The lowest BCUT2D eigenvalue weighted by Gasteiger charge is -2.35. The fourth-order valence-electron chi connectivity index (χ4n) is 1.92. The van der Waals surface area contributed by atoms with Gasteiger partial charge in [0, 0.05) is 29.7 Å². The number of hydrogen-bond donors (Lipinski definition) is 2. The Balaban J connectivity index is 2.58. The minimum atomic E-state index is -0.481. The summed E-state index contributed by atoms with van der Waals surface area (Å²) in [6.07, 6.45) is 2.52. The largest absolute Gasteiger partial charge is 0.444 e. The van der Waals surface area contributed by atoms with Crippen LogP contribution >= 0.6 is 11.3 Å². The summed E-state index contributed by atoms with van der Waals surface area (Å²) in [6, 6.07) is 0. The number of hydrogen-bond acceptors (Lipinski definition) is 5. The maximum absolute atomic E-state index is 11.9. The lowest BCUT2D eigenvalue weighted by atomic mass is 9.88. The summed E-state index contributed by atoms with van der Waals surface area (Å²) < 4.78 is 5.31. The number of carbonyl (C=O) groups is 1. The quantitative estimate of drug-likeness (QED) is 0.793. The number of amides is 1. The lowest BCUT2D eigenvalue weighted by molar-refractivity contribution is 0.0503. The molecular formula is C17H31N3O2S. The number of alkyl carbamates (subject to hydrolysis) is 1. The molecular weight excluding hydrogens is 310 g/mol. The van der Waals surface area contributed by atoms with Gasteiger partial charge in [0.05, 0.1) is 5.01 Å². The molecule has 6 heteroatoms. The number of rotatable bonds is 7. The molecule has 0 aliphatic carbocycles. The van der Waals surface area contributed by atoms with Crippen molar-refractivity contribution in [3.63, 3.8) is 0 Å². The lowest BCUT2D eigenvalue weighted by Crippen LogP contribution is -2.55. The van der Waals surface area contributed by atoms with E-state index in [9.17, 15) is 4.79 Å². The van der Waals surface area contributed by atoms with Crippen molar-refractivity contribution in [2.24, 2.45) is 5.92 Å². The average molecular weight is 342 g/mol. The van der Waals surface area contributed by atoms with E-state index in [2.05, 4.69) is 43.3 Å². The summed E-state index contributed by atoms with van der Waals surface area (Å²) >= 11 is 1.73. The van der Waals surface area contributed by atoms with Crippen LogP contribution in [0, 0.1) is 5.92 Å². The van der Waals surface area contributed by atoms with Crippen LogP contribution in [0.3, 0.4) is 0 Å². The number of aromatic nitrogens is 1. The first kappa shape index (κ1) is 19.9. The van der Waals surface area contributed by atoms with Gasteiger partial charge in [-0.15, -0.1) is 11.3 Å². The molecule has 5 nitrogen and oxygen atoms in total. The predicted octanol–water partition coefficient (Wildman–Crippen LogP) is 3.73. The molecule has 0 aliphatic heterocycles. The van der Waals surface area contributed by atoms with E-state index in [-0.39, 0.29) is 11.6 Å². The summed E-state index contributed by atoms with van der Waals surface area (Å²) in [6.45, 7) is 15.4. The van der Waals surface area contributed by atoms with Crippen LogP contribution < -0.4 is 10.6 Å². The Kier molecular flexibility index (Phi) is 7.02. The molecule has 0 radical (unpaired) electrons. The van der Waals surface area contributed by atoms with Crippen molar-refractivity contribution >= 4 is 17.4 Å². The smallest absolute Gasteiger partial charge is 0.407 e. The number of thiazole rings is 1. The van der Waals surface area contributed by atoms with E-state index in [4.69, 9.17) is 4.74 Å². The Morgan fingerprint density at radius 2 is 2.00 bits per heavy atom. The molecule has 0 aliphatic rings. The third kappa shape index (κ3) is 6.87. The molecule has 1 aromatic rings. The number of aryl methyl sites for hydroxylation is 1. The molecule has 1 heterocycles. The standard InChI is InChI=1S/C17H31N3O2S/c1-8-14-18-9-13(23-14)10-20-17(7,12(2)3)11-19-15(21)22-16(4,5)6/h9,12,20H,8,10-11H2,1-7H3,(H,19,21). The molecule has 0 bridgehead atoms. The van der Waals surface area contributed by atoms with E-state index in [1.54, 1.807) is 11.3 Å². The van der Waals surface area contributed by atoms with Gasteiger partial charge in [-0.3, -0.25) is 0 Å². The average Bonchev–Trinajstić information content (AvgIpc) is 2.89. The molecule has 0 saturated carbocycles. The van der Waals surface area contributed by atoms with Gasteiger partial charge in [0.2, 0.25) is 0 Å². The van der Waals surface area contributed by atoms with Crippen molar-refractivity contribution in [2.45, 2.75) is 72.6 Å². The number of ether oxygens (including phenoxy) is 1. The van der Waals surface area contributed by atoms with Gasteiger partial charge in [-0.25, -0.2) is 9.78 Å². The molecule has 1 unspecified atom stereocenters. The SMILES string of the molecule is CCc1ncc(CNC(C)(CNC(=O)OC(C)(C)C)C(C)C)s1. The van der Waals surface area contributed by atoms with Crippen LogP contribution in [0.2, 0.25) is 0 Å². The number of nitrogens with zero attached hydrogens (tertiary/aromatic N) is 1. The zero-order chi connectivity index (χ0) is 17.7. The third-order valence-electron chi connectivity index (χ3n) is 3.84. The van der Waals surface area contributed by atoms with Gasteiger partial charge in [0.25, 0.3) is 0 Å². The summed E-state index contributed by atoms with van der Waals surface area (Å²) in [5, 5.41) is 7.60. The molecule has 1 amide bonds. The fraction of sp³-hybridized carbons (Fsp3) is 0.765. The van der Waals surface area contributed by atoms with Gasteiger partial charge in [-0.2, -0.15) is 0 Å². The molecule has 0 aromatic carbocycles. The third-order valence-corrected chi connectivity index (χ3v) is 4.99. The molecule has 1 aromatic heterocycles. The minimum Gasteiger partial charge on any atom is -0.444 e. The van der Waals surface area contributed by atoms with Crippen molar-refractivity contribution in [1.82, 2.24) is 15.6 Å². The van der Waals surface area contributed by atoms with Crippen molar-refractivity contribution in [1.29, 1.82) is 0 Å². The highest BCUT2D eigenvalue weighted by Gasteiger charge is 2.29. The normalized spacial score (nSPS) is 14.6. The van der Waals surface area contributed by atoms with Gasteiger partial charge in [-0.05, 0) is 40.0 Å². The molecule has 23 heavy (non-hydrogen) atoms. The van der Waals surface area contributed by atoms with E-state index >= 15 is 0 Å². The summed E-state index contributed by atoms with van der Waals surface area (Å²) in [5.74, 6) is 0.357. The molecule has 1 rings (SSSR count). The molecule has 132 valence electrons. The van der Waals surface area contributed by atoms with Crippen LogP contribution in [-0.2, 0) is 17.7 Å². The first-order chi connectivity index (χ1) is 10.6. The van der Waals surface area contributed by atoms with E-state index in [0.29, 0.717) is 12.5 Å². The maximum Gasteiger partial charge on any atom is 0.407 e. The van der Waals surface area contributed by atoms with E-state index < -0.39 is 5.60 Å². The molecule has 1 atom stereocenters. The highest BCUT2D eigenvalue weighted by molar-refractivity contribution is 7.11. The highest BCUT2D eigenvalue weighted by Crippen LogP contribution is 2.19. The van der Waals surface area contributed by atoms with Crippen molar-refractivity contribution in [2.75, 3.05) is 6.54 Å². The van der Waals surface area contributed by atoms with E-state index in [0.717, 1.165) is 18.0 Å². The Morgan fingerprint density at radius 3 is 2.48 bits per heavy atom. The molecule has 0 fully saturated rings. The van der Waals surface area contributed by atoms with E-state index in [1.165, 1.54) is 4.88 Å². The molecule has 0 spiro atoms. The maximum atomic E-state index is 11.9. The second-order valence-corrected chi connectivity index (χ2v) is 8.55. The number of carbonyl (C=O) groups excluding carboxylic acids is 1. The van der Waals surface area contributed by atoms with Crippen LogP contribution in [0.4, 0.5) is 4.79 Å². The fourth-order valence-corrected chi connectivity index (χ4v) is 2.73. The first-order valence-corrected chi connectivity index (χ1v) is 9.03. The molecule has 0 saturated heterocycles.